The molecule has 3 aromatic rings. The number of aromatic nitrogens is 2. The first-order chi connectivity index (χ1) is 14.8. The Labute approximate surface area is 175 Å². The molecule has 0 unspecified atom stereocenters. The Hall–Kier alpha value is -3.77. The molecule has 1 atom stereocenters. The van der Waals surface area contributed by atoms with Gasteiger partial charge in [-0.05, 0) is 18.2 Å². The lowest BCUT2D eigenvalue weighted by Gasteiger charge is -2.27. The van der Waals surface area contributed by atoms with E-state index in [-0.39, 0.29) is 23.7 Å². The SMILES string of the molecule is O=c1cc[nH]c(=O)n1[C@H]1CN(S(=O)(=O)c2ccc([N+](=O)[O-])cc2)c2ccccc2CO1. The highest BCUT2D eigenvalue weighted by atomic mass is 32.2. The van der Waals surface area contributed by atoms with Gasteiger partial charge in [0.2, 0.25) is 0 Å². The molecule has 12 heteroatoms. The average molecular weight is 444 g/mol. The largest absolute Gasteiger partial charge is 0.351 e. The van der Waals surface area contributed by atoms with E-state index in [9.17, 15) is 28.1 Å². The van der Waals surface area contributed by atoms with Gasteiger partial charge >= 0.3 is 5.69 Å². The van der Waals surface area contributed by atoms with Crippen molar-refractivity contribution in [3.63, 3.8) is 0 Å². The van der Waals surface area contributed by atoms with Gasteiger partial charge in [-0.2, -0.15) is 0 Å². The minimum absolute atomic E-state index is 0.0338. The van der Waals surface area contributed by atoms with Crippen molar-refractivity contribution in [3.05, 3.63) is 97.3 Å². The van der Waals surface area contributed by atoms with Crippen molar-refractivity contribution in [1.82, 2.24) is 9.55 Å². The third-order valence-electron chi connectivity index (χ3n) is 4.83. The number of nitrogens with one attached hydrogen (secondary N) is 1. The molecule has 1 aromatic heterocycles. The second kappa shape index (κ2) is 7.81. The predicted octanol–water partition coefficient (Wildman–Crippen LogP) is 1.37. The summed E-state index contributed by atoms with van der Waals surface area (Å²) in [7, 11) is -4.20. The molecule has 4 rings (SSSR count). The van der Waals surface area contributed by atoms with Crippen molar-refractivity contribution in [2.45, 2.75) is 17.7 Å². The molecule has 0 saturated heterocycles. The van der Waals surface area contributed by atoms with Crippen LogP contribution in [-0.2, 0) is 21.4 Å². The van der Waals surface area contributed by atoms with Crippen molar-refractivity contribution >= 4 is 21.4 Å². The van der Waals surface area contributed by atoms with Gasteiger partial charge in [0.15, 0.2) is 6.23 Å². The number of nitrogens with zero attached hydrogens (tertiary/aromatic N) is 3. The van der Waals surface area contributed by atoms with Gasteiger partial charge in [-0.25, -0.2) is 17.8 Å². The molecule has 160 valence electrons. The van der Waals surface area contributed by atoms with Crippen LogP contribution in [0.15, 0.2) is 75.3 Å². The molecule has 2 aromatic carbocycles. The zero-order valence-corrected chi connectivity index (χ0v) is 16.7. The van der Waals surface area contributed by atoms with E-state index in [1.807, 2.05) is 0 Å². The van der Waals surface area contributed by atoms with Gasteiger partial charge in [0, 0.05) is 30.0 Å². The van der Waals surface area contributed by atoms with E-state index in [1.165, 1.54) is 6.20 Å². The summed E-state index contributed by atoms with van der Waals surface area (Å²) in [5, 5.41) is 10.9. The van der Waals surface area contributed by atoms with Crippen LogP contribution in [0.25, 0.3) is 0 Å². The fourth-order valence-electron chi connectivity index (χ4n) is 3.31. The normalized spacial score (nSPS) is 16.4. The number of para-hydroxylation sites is 1. The molecular formula is C19H16N4O7S. The number of H-pyrrole nitrogens is 1. The highest BCUT2D eigenvalue weighted by molar-refractivity contribution is 7.92. The number of ether oxygens (including phenoxy) is 1. The lowest BCUT2D eigenvalue weighted by molar-refractivity contribution is -0.384. The van der Waals surface area contributed by atoms with Crippen molar-refractivity contribution in [3.8, 4) is 0 Å². The number of aromatic amines is 1. The number of hydrogen-bond acceptors (Lipinski definition) is 7. The number of nitro benzene ring substituents is 1. The Morgan fingerprint density at radius 1 is 1.06 bits per heavy atom. The second-order valence-corrected chi connectivity index (χ2v) is 8.53. The lowest BCUT2D eigenvalue weighted by atomic mass is 10.2. The predicted molar refractivity (Wildman–Crippen MR) is 109 cm³/mol. The maximum Gasteiger partial charge on any atom is 0.330 e. The van der Waals surface area contributed by atoms with Crippen molar-refractivity contribution < 1.29 is 18.1 Å². The molecule has 1 aliphatic rings. The number of non-ortho nitro benzene ring substituents is 1. The van der Waals surface area contributed by atoms with Crippen LogP contribution in [0.3, 0.4) is 0 Å². The molecule has 0 aliphatic carbocycles. The maximum atomic E-state index is 13.5. The molecule has 1 aliphatic heterocycles. The molecule has 0 radical (unpaired) electrons. The second-order valence-electron chi connectivity index (χ2n) is 6.67. The number of nitro groups is 1. The Morgan fingerprint density at radius 2 is 1.77 bits per heavy atom. The van der Waals surface area contributed by atoms with Crippen LogP contribution >= 0.6 is 0 Å². The summed E-state index contributed by atoms with van der Waals surface area (Å²) in [5.41, 5.74) is -0.776. The van der Waals surface area contributed by atoms with E-state index >= 15 is 0 Å². The molecule has 0 saturated carbocycles. The number of fused-ring (bicyclic) bond motifs is 1. The minimum Gasteiger partial charge on any atom is -0.351 e. The van der Waals surface area contributed by atoms with Gasteiger partial charge in [0.05, 0.1) is 28.7 Å². The summed E-state index contributed by atoms with van der Waals surface area (Å²) < 4.78 is 34.5. The molecule has 0 spiro atoms. The van der Waals surface area contributed by atoms with Crippen LogP contribution in [0.1, 0.15) is 11.8 Å². The average Bonchev–Trinajstić information content (AvgIpc) is 2.94. The third-order valence-corrected chi connectivity index (χ3v) is 6.62. The van der Waals surface area contributed by atoms with Gasteiger partial charge in [-0.1, -0.05) is 18.2 Å². The first kappa shape index (κ1) is 20.5. The summed E-state index contributed by atoms with van der Waals surface area (Å²) in [6.45, 7) is -0.392. The smallest absolute Gasteiger partial charge is 0.330 e. The molecule has 0 bridgehead atoms. The summed E-state index contributed by atoms with van der Waals surface area (Å²) in [6, 6.07) is 12.2. The number of anilines is 1. The van der Waals surface area contributed by atoms with Crippen LogP contribution in [0.4, 0.5) is 11.4 Å². The van der Waals surface area contributed by atoms with Crippen molar-refractivity contribution in [1.29, 1.82) is 0 Å². The monoisotopic (exact) mass is 444 g/mol. The topological polar surface area (TPSA) is 145 Å². The Morgan fingerprint density at radius 3 is 2.45 bits per heavy atom. The molecular weight excluding hydrogens is 428 g/mol. The Balaban J connectivity index is 1.83. The Kier molecular flexibility index (Phi) is 5.17. The minimum atomic E-state index is -4.20. The summed E-state index contributed by atoms with van der Waals surface area (Å²) in [5.74, 6) is 0. The first-order valence-electron chi connectivity index (χ1n) is 9.06. The number of rotatable bonds is 4. The highest BCUT2D eigenvalue weighted by Crippen LogP contribution is 2.33. The maximum absolute atomic E-state index is 13.5. The van der Waals surface area contributed by atoms with E-state index in [0.29, 0.717) is 11.3 Å². The quantitative estimate of drug-likeness (QED) is 0.472. The van der Waals surface area contributed by atoms with Crippen LogP contribution in [0, 0.1) is 10.1 Å². The molecule has 11 nitrogen and oxygen atoms in total. The number of hydrogen-bond donors (Lipinski definition) is 1. The van der Waals surface area contributed by atoms with Gasteiger partial charge in [0.1, 0.15) is 0 Å². The molecule has 31 heavy (non-hydrogen) atoms. The fraction of sp³-hybridized carbons (Fsp3) is 0.158. The van der Waals surface area contributed by atoms with Gasteiger partial charge in [-0.3, -0.25) is 19.2 Å². The standard InChI is InChI=1S/C19H16N4O7S/c24-17-9-10-20-19(25)22(17)18-11-21(16-4-2-1-3-13(16)12-30-18)31(28,29)15-7-5-14(6-8-15)23(26)27/h1-10,18H,11-12H2,(H,20,25)/t18-/m1/s1. The van der Waals surface area contributed by atoms with Gasteiger partial charge in [0.25, 0.3) is 21.3 Å². The van der Waals surface area contributed by atoms with Crippen LogP contribution in [0.2, 0.25) is 0 Å². The van der Waals surface area contributed by atoms with E-state index < -0.39 is 32.4 Å². The van der Waals surface area contributed by atoms with E-state index in [4.69, 9.17) is 4.74 Å². The lowest BCUT2D eigenvalue weighted by Crippen LogP contribution is -2.44. The van der Waals surface area contributed by atoms with Crippen LogP contribution in [0.5, 0.6) is 0 Å². The van der Waals surface area contributed by atoms with E-state index in [1.54, 1.807) is 24.3 Å². The zero-order valence-electron chi connectivity index (χ0n) is 15.9. The third kappa shape index (κ3) is 3.73. The number of benzene rings is 2. The van der Waals surface area contributed by atoms with Crippen molar-refractivity contribution in [2.24, 2.45) is 0 Å². The Bertz CT molecular complexity index is 1330. The van der Waals surface area contributed by atoms with E-state index in [0.717, 1.165) is 39.2 Å². The fourth-order valence-corrected chi connectivity index (χ4v) is 4.81. The first-order valence-corrected chi connectivity index (χ1v) is 10.5. The van der Waals surface area contributed by atoms with Crippen molar-refractivity contribution in [2.75, 3.05) is 10.8 Å². The number of sulfonamides is 1. The molecule has 2 heterocycles. The highest BCUT2D eigenvalue weighted by Gasteiger charge is 2.33. The molecule has 1 N–H and O–H groups in total. The summed E-state index contributed by atoms with van der Waals surface area (Å²) >= 11 is 0. The van der Waals surface area contributed by atoms with Gasteiger partial charge < -0.3 is 9.72 Å². The van der Waals surface area contributed by atoms with Gasteiger partial charge in [-0.15, -0.1) is 0 Å². The molecule has 0 amide bonds. The van der Waals surface area contributed by atoms with Crippen LogP contribution < -0.4 is 15.6 Å². The zero-order chi connectivity index (χ0) is 22.2. The summed E-state index contributed by atoms with van der Waals surface area (Å²) in [4.78, 5) is 37.0. The van der Waals surface area contributed by atoms with E-state index in [2.05, 4.69) is 4.98 Å². The van der Waals surface area contributed by atoms with Crippen LogP contribution in [-0.4, -0.2) is 29.4 Å². The molecule has 0 fully saturated rings. The summed E-state index contributed by atoms with van der Waals surface area (Å²) in [6.07, 6.45) is -0.00414.